The van der Waals surface area contributed by atoms with Crippen LogP contribution >= 0.6 is 0 Å². The topological polar surface area (TPSA) is 67.9 Å². The number of para-hydroxylation sites is 2. The first-order chi connectivity index (χ1) is 12.6. The van der Waals surface area contributed by atoms with Gasteiger partial charge in [0.25, 0.3) is 5.91 Å². The highest BCUT2D eigenvalue weighted by atomic mass is 16.5. The van der Waals surface area contributed by atoms with Crippen LogP contribution in [0.1, 0.15) is 12.0 Å². The van der Waals surface area contributed by atoms with Crippen LogP contribution in [0.5, 0.6) is 11.5 Å². The van der Waals surface area contributed by atoms with E-state index in [4.69, 9.17) is 9.47 Å². The van der Waals surface area contributed by atoms with Crippen LogP contribution in [-0.2, 0) is 16.0 Å². The summed E-state index contributed by atoms with van der Waals surface area (Å²) in [5, 5.41) is 2.85. The molecule has 1 atom stereocenters. The number of hydrogen-bond acceptors (Lipinski definition) is 4. The normalized spacial score (nSPS) is 15.8. The molecule has 1 N–H and O–H groups in total. The van der Waals surface area contributed by atoms with E-state index in [9.17, 15) is 9.59 Å². The average molecular weight is 354 g/mol. The largest absolute Gasteiger partial charge is 0.497 e. The summed E-state index contributed by atoms with van der Waals surface area (Å²) in [6, 6.07) is 15.0. The van der Waals surface area contributed by atoms with Gasteiger partial charge in [-0.25, -0.2) is 0 Å². The van der Waals surface area contributed by atoms with Crippen LogP contribution in [0.4, 0.5) is 5.69 Å². The van der Waals surface area contributed by atoms with Gasteiger partial charge in [-0.3, -0.25) is 9.59 Å². The standard InChI is InChI=1S/C20H22N2O4/c1-22-16-5-3-4-6-17(16)26-18(20(22)24)13-19(23)21-12-11-14-7-9-15(25-2)10-8-14/h3-10,18H,11-13H2,1-2H3,(H,21,23). The third kappa shape index (κ3) is 3.96. The van der Waals surface area contributed by atoms with Gasteiger partial charge in [0.05, 0.1) is 19.2 Å². The number of anilines is 1. The first kappa shape index (κ1) is 17.8. The van der Waals surface area contributed by atoms with E-state index in [1.807, 2.05) is 42.5 Å². The number of carbonyl (C=O) groups is 2. The van der Waals surface area contributed by atoms with Crippen LogP contribution in [0.3, 0.4) is 0 Å². The summed E-state index contributed by atoms with van der Waals surface area (Å²) >= 11 is 0. The van der Waals surface area contributed by atoms with Crippen molar-refractivity contribution in [1.29, 1.82) is 0 Å². The predicted molar refractivity (Wildman–Crippen MR) is 98.6 cm³/mol. The Balaban J connectivity index is 1.51. The molecule has 1 aliphatic rings. The van der Waals surface area contributed by atoms with Gasteiger partial charge in [0.2, 0.25) is 5.91 Å². The van der Waals surface area contributed by atoms with Crippen LogP contribution < -0.4 is 19.7 Å². The second-order valence-corrected chi connectivity index (χ2v) is 6.12. The molecule has 26 heavy (non-hydrogen) atoms. The van der Waals surface area contributed by atoms with Crippen molar-refractivity contribution in [2.24, 2.45) is 0 Å². The van der Waals surface area contributed by atoms with Gasteiger partial charge >= 0.3 is 0 Å². The van der Waals surface area contributed by atoms with Crippen molar-refractivity contribution in [3.05, 3.63) is 54.1 Å². The number of hydrogen-bond donors (Lipinski definition) is 1. The highest BCUT2D eigenvalue weighted by molar-refractivity contribution is 6.01. The molecule has 2 aromatic carbocycles. The van der Waals surface area contributed by atoms with Crippen molar-refractivity contribution < 1.29 is 19.1 Å². The van der Waals surface area contributed by atoms with E-state index in [2.05, 4.69) is 5.32 Å². The van der Waals surface area contributed by atoms with Crippen LogP contribution in [0, 0.1) is 0 Å². The monoisotopic (exact) mass is 354 g/mol. The molecule has 1 aliphatic heterocycles. The molecule has 0 fully saturated rings. The fraction of sp³-hybridized carbons (Fsp3) is 0.300. The second kappa shape index (κ2) is 7.91. The van der Waals surface area contributed by atoms with Crippen LogP contribution in [0.25, 0.3) is 0 Å². The third-order valence-electron chi connectivity index (χ3n) is 4.37. The Kier molecular flexibility index (Phi) is 5.41. The van der Waals surface area contributed by atoms with Gasteiger partial charge < -0.3 is 19.7 Å². The molecule has 136 valence electrons. The fourth-order valence-electron chi connectivity index (χ4n) is 2.88. The SMILES string of the molecule is COc1ccc(CCNC(=O)CC2Oc3ccccc3N(C)C2=O)cc1. The zero-order valence-electron chi connectivity index (χ0n) is 14.9. The van der Waals surface area contributed by atoms with Crippen LogP contribution in [0.2, 0.25) is 0 Å². The quantitative estimate of drug-likeness (QED) is 0.863. The number of fused-ring (bicyclic) bond motifs is 1. The predicted octanol–water partition coefficient (Wildman–Crippen LogP) is 2.17. The lowest BCUT2D eigenvalue weighted by Crippen LogP contribution is -2.46. The van der Waals surface area contributed by atoms with Crippen molar-refractivity contribution in [3.8, 4) is 11.5 Å². The maximum atomic E-state index is 12.4. The zero-order valence-corrected chi connectivity index (χ0v) is 14.9. The molecule has 6 nitrogen and oxygen atoms in total. The van der Waals surface area contributed by atoms with Gasteiger partial charge in [-0.1, -0.05) is 24.3 Å². The van der Waals surface area contributed by atoms with Gasteiger partial charge in [-0.15, -0.1) is 0 Å². The Morgan fingerprint density at radius 3 is 2.65 bits per heavy atom. The summed E-state index contributed by atoms with van der Waals surface area (Å²) in [6.07, 6.45) is -0.0891. The number of likely N-dealkylation sites (N-methyl/N-ethyl adjacent to an activating group) is 1. The first-order valence-electron chi connectivity index (χ1n) is 8.51. The minimum atomic E-state index is -0.795. The molecule has 1 unspecified atom stereocenters. The molecule has 2 amide bonds. The van der Waals surface area contributed by atoms with Gasteiger partial charge in [-0.2, -0.15) is 0 Å². The summed E-state index contributed by atoms with van der Waals surface area (Å²) in [4.78, 5) is 26.1. The Bertz CT molecular complexity index is 789. The van der Waals surface area contributed by atoms with E-state index in [1.54, 1.807) is 20.2 Å². The first-order valence-corrected chi connectivity index (χ1v) is 8.51. The zero-order chi connectivity index (χ0) is 18.5. The molecular weight excluding hydrogens is 332 g/mol. The van der Waals surface area contributed by atoms with Crippen molar-refractivity contribution in [1.82, 2.24) is 5.32 Å². The van der Waals surface area contributed by atoms with Gasteiger partial charge in [-0.05, 0) is 36.2 Å². The number of nitrogens with one attached hydrogen (secondary N) is 1. The summed E-state index contributed by atoms with van der Waals surface area (Å²) < 4.78 is 10.8. The molecule has 2 aromatic rings. The number of methoxy groups -OCH3 is 1. The third-order valence-corrected chi connectivity index (χ3v) is 4.37. The molecule has 0 saturated heterocycles. The fourth-order valence-corrected chi connectivity index (χ4v) is 2.88. The summed E-state index contributed by atoms with van der Waals surface area (Å²) in [7, 11) is 3.32. The molecule has 3 rings (SSSR count). The van der Waals surface area contributed by atoms with Crippen molar-refractivity contribution in [2.75, 3.05) is 25.6 Å². The number of amides is 2. The molecule has 0 saturated carbocycles. The van der Waals surface area contributed by atoms with E-state index in [-0.39, 0.29) is 18.2 Å². The maximum Gasteiger partial charge on any atom is 0.268 e. The minimum absolute atomic E-state index is 0.000119. The second-order valence-electron chi connectivity index (χ2n) is 6.12. The van der Waals surface area contributed by atoms with Crippen molar-refractivity contribution in [2.45, 2.75) is 18.9 Å². The van der Waals surface area contributed by atoms with Gasteiger partial charge in [0.15, 0.2) is 6.10 Å². The van der Waals surface area contributed by atoms with Gasteiger partial charge in [0, 0.05) is 13.6 Å². The van der Waals surface area contributed by atoms with Crippen LogP contribution in [0.15, 0.2) is 48.5 Å². The molecule has 1 heterocycles. The lowest BCUT2D eigenvalue weighted by molar-refractivity contribution is -0.132. The Morgan fingerprint density at radius 2 is 1.92 bits per heavy atom. The summed E-state index contributed by atoms with van der Waals surface area (Å²) in [6.45, 7) is 0.499. The Morgan fingerprint density at radius 1 is 1.19 bits per heavy atom. The van der Waals surface area contributed by atoms with E-state index in [0.29, 0.717) is 24.4 Å². The number of ether oxygens (including phenoxy) is 2. The highest BCUT2D eigenvalue weighted by Gasteiger charge is 2.33. The molecule has 6 heteroatoms. The number of rotatable bonds is 6. The number of nitrogens with zero attached hydrogens (tertiary/aromatic N) is 1. The van der Waals surface area contributed by atoms with Crippen LogP contribution in [-0.4, -0.2) is 38.6 Å². The number of benzene rings is 2. The molecule has 0 spiro atoms. The lowest BCUT2D eigenvalue weighted by Gasteiger charge is -2.31. The smallest absolute Gasteiger partial charge is 0.268 e. The number of carbonyl (C=O) groups excluding carboxylic acids is 2. The van der Waals surface area contributed by atoms with E-state index >= 15 is 0 Å². The van der Waals surface area contributed by atoms with Crippen molar-refractivity contribution in [3.63, 3.8) is 0 Å². The lowest BCUT2D eigenvalue weighted by atomic mass is 10.1. The molecule has 0 bridgehead atoms. The Hall–Kier alpha value is -3.02. The highest BCUT2D eigenvalue weighted by Crippen LogP contribution is 2.33. The van der Waals surface area contributed by atoms with E-state index < -0.39 is 6.10 Å². The molecule has 0 aliphatic carbocycles. The Labute approximate surface area is 152 Å². The van der Waals surface area contributed by atoms with Crippen molar-refractivity contribution >= 4 is 17.5 Å². The van der Waals surface area contributed by atoms with E-state index in [0.717, 1.165) is 11.3 Å². The summed E-state index contributed by atoms with van der Waals surface area (Å²) in [5.41, 5.74) is 1.82. The van der Waals surface area contributed by atoms with Gasteiger partial charge in [0.1, 0.15) is 11.5 Å². The summed E-state index contributed by atoms with van der Waals surface area (Å²) in [5.74, 6) is 0.999. The molecular formula is C20H22N2O4. The molecule has 0 aromatic heterocycles. The van der Waals surface area contributed by atoms with E-state index in [1.165, 1.54) is 4.90 Å². The molecule has 0 radical (unpaired) electrons. The minimum Gasteiger partial charge on any atom is -0.497 e. The maximum absolute atomic E-state index is 12.4. The average Bonchev–Trinajstić information content (AvgIpc) is 2.66.